The van der Waals surface area contributed by atoms with E-state index < -0.39 is 17.4 Å². The number of ether oxygens (including phenoxy) is 1. The lowest BCUT2D eigenvalue weighted by Crippen LogP contribution is -2.01. The van der Waals surface area contributed by atoms with Crippen molar-refractivity contribution in [1.29, 1.82) is 0 Å². The summed E-state index contributed by atoms with van der Waals surface area (Å²) in [4.78, 5) is 5.08. The molecule has 1 aromatic carbocycles. The predicted molar refractivity (Wildman–Crippen MR) is 73.3 cm³/mol. The number of imidazole rings is 1. The van der Waals surface area contributed by atoms with Gasteiger partial charge in [-0.3, -0.25) is 4.40 Å². The standard InChI is InChI=1S/C13H9ClF2N2OS/c14-5-8-3-10(15)12(11(16)4-8)19-7-9-6-18-1-2-20-13(18)17-9/h1-4,6H,5,7H2. The van der Waals surface area contributed by atoms with Crippen LogP contribution < -0.4 is 4.74 Å². The molecule has 0 bridgehead atoms. The van der Waals surface area contributed by atoms with Gasteiger partial charge in [0.25, 0.3) is 0 Å². The molecule has 7 heteroatoms. The minimum absolute atomic E-state index is 0.00244. The van der Waals surface area contributed by atoms with E-state index in [-0.39, 0.29) is 12.5 Å². The van der Waals surface area contributed by atoms with Crippen molar-refractivity contribution < 1.29 is 13.5 Å². The Bertz CT molecular complexity index is 704. The van der Waals surface area contributed by atoms with Gasteiger partial charge in [-0.15, -0.1) is 22.9 Å². The maximum absolute atomic E-state index is 13.7. The van der Waals surface area contributed by atoms with Gasteiger partial charge >= 0.3 is 0 Å². The lowest BCUT2D eigenvalue weighted by Gasteiger charge is -2.08. The molecule has 3 nitrogen and oxygen atoms in total. The lowest BCUT2D eigenvalue weighted by molar-refractivity contribution is 0.270. The Balaban J connectivity index is 1.79. The number of alkyl halides is 1. The average molecular weight is 315 g/mol. The van der Waals surface area contributed by atoms with Crippen molar-refractivity contribution in [2.75, 3.05) is 0 Å². The topological polar surface area (TPSA) is 26.5 Å². The summed E-state index contributed by atoms with van der Waals surface area (Å²) in [6.45, 7) is 0.00244. The summed E-state index contributed by atoms with van der Waals surface area (Å²) in [7, 11) is 0. The second-order valence-corrected chi connectivity index (χ2v) is 5.28. The summed E-state index contributed by atoms with van der Waals surface area (Å²) >= 11 is 7.02. The SMILES string of the molecule is Fc1cc(CCl)cc(F)c1OCc1cn2ccsc2n1. The molecule has 0 fully saturated rings. The second-order valence-electron chi connectivity index (χ2n) is 4.14. The third-order valence-corrected chi connectivity index (χ3v) is 3.80. The fraction of sp³-hybridized carbons (Fsp3) is 0.154. The Labute approximate surface area is 122 Å². The van der Waals surface area contributed by atoms with Crippen LogP contribution in [0, 0.1) is 11.6 Å². The van der Waals surface area contributed by atoms with Crippen LogP contribution in [0.4, 0.5) is 8.78 Å². The normalized spacial score (nSPS) is 11.2. The number of aromatic nitrogens is 2. The first-order chi connectivity index (χ1) is 9.67. The molecule has 0 saturated carbocycles. The largest absolute Gasteiger partial charge is 0.481 e. The number of hydrogen-bond acceptors (Lipinski definition) is 3. The molecule has 104 valence electrons. The van der Waals surface area contributed by atoms with Crippen molar-refractivity contribution in [3.05, 3.63) is 52.8 Å². The Morgan fingerprint density at radius 2 is 2.05 bits per heavy atom. The van der Waals surface area contributed by atoms with E-state index in [1.807, 2.05) is 16.0 Å². The molecule has 0 N–H and O–H groups in total. The van der Waals surface area contributed by atoms with Gasteiger partial charge in [-0.2, -0.15) is 0 Å². The molecule has 0 aliphatic rings. The maximum Gasteiger partial charge on any atom is 0.193 e. The van der Waals surface area contributed by atoms with Crippen molar-refractivity contribution in [3.8, 4) is 5.75 Å². The van der Waals surface area contributed by atoms with Gasteiger partial charge in [0.05, 0.1) is 5.69 Å². The third kappa shape index (κ3) is 2.48. The van der Waals surface area contributed by atoms with Crippen LogP contribution in [0.25, 0.3) is 4.96 Å². The molecular weight excluding hydrogens is 306 g/mol. The zero-order chi connectivity index (χ0) is 14.1. The van der Waals surface area contributed by atoms with Crippen LogP contribution in [-0.2, 0) is 12.5 Å². The fourth-order valence-corrected chi connectivity index (χ4v) is 2.69. The Kier molecular flexibility index (Phi) is 3.58. The van der Waals surface area contributed by atoms with Crippen LogP contribution in [0.5, 0.6) is 5.75 Å². The first-order valence-corrected chi connectivity index (χ1v) is 7.16. The highest BCUT2D eigenvalue weighted by Gasteiger charge is 2.13. The van der Waals surface area contributed by atoms with Crippen molar-refractivity contribution in [1.82, 2.24) is 9.38 Å². The van der Waals surface area contributed by atoms with Crippen LogP contribution in [-0.4, -0.2) is 9.38 Å². The van der Waals surface area contributed by atoms with Crippen LogP contribution in [0.15, 0.2) is 29.9 Å². The van der Waals surface area contributed by atoms with E-state index in [0.29, 0.717) is 11.3 Å². The molecule has 20 heavy (non-hydrogen) atoms. The Hall–Kier alpha value is -1.66. The highest BCUT2D eigenvalue weighted by molar-refractivity contribution is 7.15. The van der Waals surface area contributed by atoms with Crippen molar-refractivity contribution >= 4 is 27.9 Å². The molecule has 0 aliphatic heterocycles. The molecule has 2 aromatic heterocycles. The Morgan fingerprint density at radius 3 is 2.70 bits per heavy atom. The molecule has 0 radical (unpaired) electrons. The van der Waals surface area contributed by atoms with Gasteiger partial charge in [-0.25, -0.2) is 13.8 Å². The molecule has 0 amide bonds. The van der Waals surface area contributed by atoms with Gasteiger partial charge in [-0.1, -0.05) is 0 Å². The molecule has 0 saturated heterocycles. The summed E-state index contributed by atoms with van der Waals surface area (Å²) in [6, 6.07) is 2.33. The summed E-state index contributed by atoms with van der Waals surface area (Å²) in [5, 5.41) is 1.90. The molecule has 0 unspecified atom stereocenters. The van der Waals surface area contributed by atoms with Gasteiger partial charge in [0.1, 0.15) is 6.61 Å². The summed E-state index contributed by atoms with van der Waals surface area (Å²) in [5.41, 5.74) is 0.980. The van der Waals surface area contributed by atoms with Crippen LogP contribution >= 0.6 is 22.9 Å². The number of nitrogens with zero attached hydrogens (tertiary/aromatic N) is 2. The molecule has 0 spiro atoms. The quantitative estimate of drug-likeness (QED) is 0.681. The van der Waals surface area contributed by atoms with Gasteiger partial charge in [-0.05, 0) is 17.7 Å². The number of hydrogen-bond donors (Lipinski definition) is 0. The van der Waals surface area contributed by atoms with E-state index >= 15 is 0 Å². The van der Waals surface area contributed by atoms with Gasteiger partial charge in [0.2, 0.25) is 0 Å². The average Bonchev–Trinajstić information content (AvgIpc) is 2.98. The van der Waals surface area contributed by atoms with Gasteiger partial charge in [0, 0.05) is 23.7 Å². The third-order valence-electron chi connectivity index (χ3n) is 2.72. The second kappa shape index (κ2) is 5.38. The first kappa shape index (κ1) is 13.3. The monoisotopic (exact) mass is 314 g/mol. The smallest absolute Gasteiger partial charge is 0.193 e. The van der Waals surface area contributed by atoms with E-state index in [4.69, 9.17) is 16.3 Å². The van der Waals surface area contributed by atoms with Gasteiger partial charge in [0.15, 0.2) is 22.3 Å². The van der Waals surface area contributed by atoms with Crippen molar-refractivity contribution in [2.45, 2.75) is 12.5 Å². The number of thiazole rings is 1. The maximum atomic E-state index is 13.7. The zero-order valence-corrected chi connectivity index (χ0v) is 11.7. The molecule has 3 rings (SSSR count). The van der Waals surface area contributed by atoms with E-state index in [2.05, 4.69) is 4.98 Å². The first-order valence-electron chi connectivity index (χ1n) is 5.75. The van der Waals surface area contributed by atoms with Gasteiger partial charge < -0.3 is 4.74 Å². The predicted octanol–water partition coefficient (Wildman–Crippen LogP) is 3.99. The number of halogens is 3. The van der Waals surface area contributed by atoms with E-state index in [1.165, 1.54) is 11.3 Å². The van der Waals surface area contributed by atoms with E-state index in [9.17, 15) is 8.78 Å². The minimum Gasteiger partial charge on any atom is -0.481 e. The summed E-state index contributed by atoms with van der Waals surface area (Å²) in [6.07, 6.45) is 3.61. The van der Waals surface area contributed by atoms with Crippen LogP contribution in [0.2, 0.25) is 0 Å². The van der Waals surface area contributed by atoms with Crippen LogP contribution in [0.1, 0.15) is 11.3 Å². The lowest BCUT2D eigenvalue weighted by atomic mass is 10.2. The molecule has 2 heterocycles. The Morgan fingerprint density at radius 1 is 1.30 bits per heavy atom. The minimum atomic E-state index is -0.762. The highest BCUT2D eigenvalue weighted by Crippen LogP contribution is 2.25. The number of fused-ring (bicyclic) bond motifs is 1. The number of rotatable bonds is 4. The van der Waals surface area contributed by atoms with E-state index in [1.54, 1.807) is 6.20 Å². The molecule has 0 aliphatic carbocycles. The number of benzene rings is 1. The summed E-state index contributed by atoms with van der Waals surface area (Å²) in [5.74, 6) is -1.88. The van der Waals surface area contributed by atoms with E-state index in [0.717, 1.165) is 17.1 Å². The highest BCUT2D eigenvalue weighted by atomic mass is 35.5. The molecule has 0 atom stereocenters. The van der Waals surface area contributed by atoms with Crippen molar-refractivity contribution in [3.63, 3.8) is 0 Å². The van der Waals surface area contributed by atoms with Crippen molar-refractivity contribution in [2.24, 2.45) is 0 Å². The summed E-state index contributed by atoms with van der Waals surface area (Å²) < 4.78 is 34.4. The molecule has 3 aromatic rings. The molecular formula is C13H9ClF2N2OS. The fourth-order valence-electron chi connectivity index (χ4n) is 1.82. The zero-order valence-electron chi connectivity index (χ0n) is 10.1. The van der Waals surface area contributed by atoms with Crippen LogP contribution in [0.3, 0.4) is 0 Å².